The number of amides is 2. The number of likely N-dealkylation sites (tertiary alicyclic amines) is 1. The number of hydrogen-bond acceptors (Lipinski definition) is 3. The number of benzene rings is 2. The van der Waals surface area contributed by atoms with Gasteiger partial charge < -0.3 is 14.6 Å². The molecule has 4 rings (SSSR count). The Hall–Kier alpha value is -3.81. The Kier molecular flexibility index (Phi) is 7.10. The van der Waals surface area contributed by atoms with Crippen LogP contribution in [0.1, 0.15) is 41.4 Å². The number of nitrogens with zero attached hydrogens (tertiary/aromatic N) is 1. The Morgan fingerprint density at radius 3 is 2.40 bits per heavy atom. The van der Waals surface area contributed by atoms with E-state index < -0.39 is 17.6 Å². The van der Waals surface area contributed by atoms with Gasteiger partial charge >= 0.3 is 6.18 Å². The lowest BCUT2D eigenvalue weighted by molar-refractivity contribution is -0.137. The van der Waals surface area contributed by atoms with Gasteiger partial charge in [-0.25, -0.2) is 0 Å². The van der Waals surface area contributed by atoms with Gasteiger partial charge in [-0.2, -0.15) is 13.2 Å². The van der Waals surface area contributed by atoms with E-state index in [1.54, 1.807) is 41.3 Å². The van der Waals surface area contributed by atoms with Gasteiger partial charge in [-0.15, -0.1) is 0 Å². The molecule has 2 amide bonds. The van der Waals surface area contributed by atoms with Crippen molar-refractivity contribution in [2.24, 2.45) is 5.92 Å². The van der Waals surface area contributed by atoms with E-state index in [-0.39, 0.29) is 28.7 Å². The van der Waals surface area contributed by atoms with Crippen LogP contribution in [0.5, 0.6) is 0 Å². The molecule has 5 nitrogen and oxygen atoms in total. The molecule has 1 aliphatic rings. The van der Waals surface area contributed by atoms with Crippen molar-refractivity contribution in [1.82, 2.24) is 10.2 Å². The molecule has 1 saturated heterocycles. The van der Waals surface area contributed by atoms with Crippen LogP contribution in [0.4, 0.5) is 13.2 Å². The van der Waals surface area contributed by atoms with Crippen molar-refractivity contribution in [3.63, 3.8) is 0 Å². The molecule has 8 heteroatoms. The largest absolute Gasteiger partial charge is 0.457 e. The fourth-order valence-electron chi connectivity index (χ4n) is 3.89. The zero-order valence-corrected chi connectivity index (χ0v) is 19.1. The predicted octanol–water partition coefficient (Wildman–Crippen LogP) is 5.99. The minimum Gasteiger partial charge on any atom is -0.457 e. The van der Waals surface area contributed by atoms with Crippen LogP contribution in [0.3, 0.4) is 0 Å². The average molecular weight is 483 g/mol. The first-order chi connectivity index (χ1) is 16.7. The van der Waals surface area contributed by atoms with Crippen LogP contribution in [0.25, 0.3) is 17.4 Å². The van der Waals surface area contributed by atoms with Gasteiger partial charge in [0.1, 0.15) is 17.2 Å². The van der Waals surface area contributed by atoms with Crippen LogP contribution in [0, 0.1) is 5.92 Å². The molecule has 1 aliphatic heterocycles. The van der Waals surface area contributed by atoms with Crippen molar-refractivity contribution in [2.75, 3.05) is 13.1 Å². The molecule has 0 spiro atoms. The van der Waals surface area contributed by atoms with Crippen LogP contribution in [-0.4, -0.2) is 29.8 Å². The Labute approximate surface area is 201 Å². The summed E-state index contributed by atoms with van der Waals surface area (Å²) < 4.78 is 45.0. The number of carbonyl (C=O) groups excluding carboxylic acids is 2. The van der Waals surface area contributed by atoms with E-state index in [9.17, 15) is 22.8 Å². The van der Waals surface area contributed by atoms with E-state index in [0.717, 1.165) is 25.0 Å². The first-order valence-corrected chi connectivity index (χ1v) is 11.4. The standard InChI is InChI=1S/C27H25F3N2O3/c1-18-12-14-32(15-13-18)26(34)23(31-25(33)19-6-3-2-4-7-19)17-22-10-11-24(35-22)20-8-5-9-21(16-20)27(28,29)30/h2-11,16-18H,12-15H2,1H3,(H,31,33). The topological polar surface area (TPSA) is 62.6 Å². The Morgan fingerprint density at radius 2 is 1.71 bits per heavy atom. The quantitative estimate of drug-likeness (QED) is 0.454. The third-order valence-electron chi connectivity index (χ3n) is 5.97. The Balaban J connectivity index is 1.62. The van der Waals surface area contributed by atoms with Gasteiger partial charge in [0.2, 0.25) is 0 Å². The average Bonchev–Trinajstić information content (AvgIpc) is 3.32. The normalized spacial score (nSPS) is 15.2. The molecule has 182 valence electrons. The van der Waals surface area contributed by atoms with Crippen LogP contribution in [0.15, 0.2) is 76.8 Å². The first kappa shape index (κ1) is 24.3. The zero-order valence-electron chi connectivity index (χ0n) is 19.1. The molecule has 0 radical (unpaired) electrons. The van der Waals surface area contributed by atoms with Gasteiger partial charge in [0, 0.05) is 30.3 Å². The summed E-state index contributed by atoms with van der Waals surface area (Å²) in [4.78, 5) is 27.8. The van der Waals surface area contributed by atoms with Gasteiger partial charge in [0.25, 0.3) is 11.8 Å². The summed E-state index contributed by atoms with van der Waals surface area (Å²) in [5, 5.41) is 2.69. The number of rotatable bonds is 5. The minimum absolute atomic E-state index is 0.0401. The van der Waals surface area contributed by atoms with Gasteiger partial charge in [0.15, 0.2) is 0 Å². The summed E-state index contributed by atoms with van der Waals surface area (Å²) in [6.07, 6.45) is -1.32. The lowest BCUT2D eigenvalue weighted by Crippen LogP contribution is -2.42. The van der Waals surface area contributed by atoms with E-state index in [1.807, 2.05) is 0 Å². The Morgan fingerprint density at radius 1 is 1.00 bits per heavy atom. The van der Waals surface area contributed by atoms with Gasteiger partial charge in [-0.1, -0.05) is 37.3 Å². The lowest BCUT2D eigenvalue weighted by atomic mass is 9.99. The highest BCUT2D eigenvalue weighted by Crippen LogP contribution is 2.33. The second kappa shape index (κ2) is 10.2. The molecule has 0 atom stereocenters. The maximum atomic E-state index is 13.3. The maximum Gasteiger partial charge on any atom is 0.416 e. The highest BCUT2D eigenvalue weighted by Gasteiger charge is 2.30. The summed E-state index contributed by atoms with van der Waals surface area (Å²) in [5.41, 5.74) is -0.0968. The summed E-state index contributed by atoms with van der Waals surface area (Å²) in [7, 11) is 0. The second-order valence-corrected chi connectivity index (χ2v) is 8.63. The van der Waals surface area contributed by atoms with Gasteiger partial charge in [-0.3, -0.25) is 9.59 Å². The molecule has 1 N–H and O–H groups in total. The number of nitrogens with one attached hydrogen (secondary N) is 1. The zero-order chi connectivity index (χ0) is 25.0. The van der Waals surface area contributed by atoms with Crippen LogP contribution < -0.4 is 5.32 Å². The molecule has 1 aromatic heterocycles. The summed E-state index contributed by atoms with van der Waals surface area (Å²) in [6.45, 7) is 3.28. The van der Waals surface area contributed by atoms with E-state index in [1.165, 1.54) is 24.3 Å². The number of alkyl halides is 3. The fourth-order valence-corrected chi connectivity index (χ4v) is 3.89. The van der Waals surface area contributed by atoms with E-state index in [4.69, 9.17) is 4.42 Å². The molecular weight excluding hydrogens is 457 g/mol. The number of carbonyl (C=O) groups is 2. The van der Waals surface area contributed by atoms with E-state index >= 15 is 0 Å². The van der Waals surface area contributed by atoms with Gasteiger partial charge in [-0.05, 0) is 55.2 Å². The summed E-state index contributed by atoms with van der Waals surface area (Å²) in [5.74, 6) is 0.193. The smallest absolute Gasteiger partial charge is 0.416 e. The van der Waals surface area contributed by atoms with Crippen molar-refractivity contribution in [1.29, 1.82) is 0 Å². The monoisotopic (exact) mass is 482 g/mol. The van der Waals surface area contributed by atoms with Crippen molar-refractivity contribution in [3.8, 4) is 11.3 Å². The fraction of sp³-hybridized carbons (Fsp3) is 0.259. The molecule has 2 heterocycles. The third-order valence-corrected chi connectivity index (χ3v) is 5.97. The highest BCUT2D eigenvalue weighted by atomic mass is 19.4. The summed E-state index contributed by atoms with van der Waals surface area (Å²) in [6, 6.07) is 16.4. The second-order valence-electron chi connectivity index (χ2n) is 8.63. The van der Waals surface area contributed by atoms with Crippen LogP contribution in [0.2, 0.25) is 0 Å². The van der Waals surface area contributed by atoms with Crippen LogP contribution >= 0.6 is 0 Å². The highest BCUT2D eigenvalue weighted by molar-refractivity contribution is 6.05. The number of hydrogen-bond donors (Lipinski definition) is 1. The predicted molar refractivity (Wildman–Crippen MR) is 126 cm³/mol. The van der Waals surface area contributed by atoms with E-state index in [0.29, 0.717) is 24.6 Å². The molecule has 3 aromatic rings. The molecular formula is C27H25F3N2O3. The molecule has 35 heavy (non-hydrogen) atoms. The molecule has 1 fully saturated rings. The number of piperidine rings is 1. The van der Waals surface area contributed by atoms with E-state index in [2.05, 4.69) is 12.2 Å². The molecule has 0 unspecified atom stereocenters. The Bertz CT molecular complexity index is 1220. The maximum absolute atomic E-state index is 13.3. The minimum atomic E-state index is -4.47. The molecule has 0 bridgehead atoms. The van der Waals surface area contributed by atoms with Crippen LogP contribution in [-0.2, 0) is 11.0 Å². The molecule has 2 aromatic carbocycles. The van der Waals surface area contributed by atoms with Crippen molar-refractivity contribution >= 4 is 17.9 Å². The number of halogens is 3. The molecule has 0 saturated carbocycles. The lowest BCUT2D eigenvalue weighted by Gasteiger charge is -2.31. The van der Waals surface area contributed by atoms with Crippen molar-refractivity contribution < 1.29 is 27.2 Å². The SMILES string of the molecule is CC1CCN(C(=O)C(=Cc2ccc(-c3cccc(C(F)(F)F)c3)o2)NC(=O)c2ccccc2)CC1. The summed E-state index contributed by atoms with van der Waals surface area (Å²) >= 11 is 0. The third kappa shape index (κ3) is 6.01. The van der Waals surface area contributed by atoms with Crippen molar-refractivity contribution in [3.05, 3.63) is 89.3 Å². The van der Waals surface area contributed by atoms with Crippen molar-refractivity contribution in [2.45, 2.75) is 25.9 Å². The number of furan rings is 1. The first-order valence-electron chi connectivity index (χ1n) is 11.4. The van der Waals surface area contributed by atoms with Gasteiger partial charge in [0.05, 0.1) is 5.56 Å². The molecule has 0 aliphatic carbocycles.